The summed E-state index contributed by atoms with van der Waals surface area (Å²) in [6.07, 6.45) is 15.4. The Morgan fingerprint density at radius 2 is 1.10 bits per heavy atom. The van der Waals surface area contributed by atoms with Gasteiger partial charge in [0, 0.05) is 18.1 Å². The third kappa shape index (κ3) is 3.85. The first kappa shape index (κ1) is 8.90. The third-order valence-corrected chi connectivity index (χ3v) is 3.17. The van der Waals surface area contributed by atoms with Crippen molar-refractivity contribution in [1.82, 2.24) is 0 Å². The number of hydrogen-bond acceptors (Lipinski definition) is 0. The normalized spacial score (nSPS) is 7.80. The highest BCUT2D eigenvalue weighted by atomic mass is 28.3. The van der Waals surface area contributed by atoms with E-state index in [1.807, 2.05) is 0 Å². The Kier molecular flexibility index (Phi) is 5.36. The van der Waals surface area contributed by atoms with Gasteiger partial charge in [-0.05, 0) is 0 Å². The summed E-state index contributed by atoms with van der Waals surface area (Å²) in [7, 11) is -0.606. The van der Waals surface area contributed by atoms with Crippen LogP contribution in [0.1, 0.15) is 0 Å². The average Bonchev–Trinajstić information content (AvgIpc) is 1.90. The van der Waals surface area contributed by atoms with Crippen LogP contribution >= 0.6 is 0 Å². The van der Waals surface area contributed by atoms with Crippen molar-refractivity contribution in [3.8, 4) is 37.0 Å². The smallest absolute Gasteiger partial charge is 0.0890 e. The first-order chi connectivity index (χ1) is 4.85. The van der Waals surface area contributed by atoms with Gasteiger partial charge in [0.15, 0.2) is 0 Å². The van der Waals surface area contributed by atoms with E-state index in [2.05, 4.69) is 17.8 Å². The van der Waals surface area contributed by atoms with Crippen molar-refractivity contribution in [2.45, 2.75) is 18.1 Å². The van der Waals surface area contributed by atoms with Gasteiger partial charge in [0.05, 0.1) is 8.80 Å². The van der Waals surface area contributed by atoms with Gasteiger partial charge in [0.25, 0.3) is 0 Å². The van der Waals surface area contributed by atoms with E-state index in [1.54, 1.807) is 0 Å². The van der Waals surface area contributed by atoms with E-state index in [1.165, 1.54) is 0 Å². The Balaban J connectivity index is 3.68. The maximum atomic E-state index is 5.13. The van der Waals surface area contributed by atoms with Crippen molar-refractivity contribution in [3.63, 3.8) is 0 Å². The Hall–Kier alpha value is -1.10. The van der Waals surface area contributed by atoms with Gasteiger partial charge in [0.1, 0.15) is 0 Å². The summed E-state index contributed by atoms with van der Waals surface area (Å²) in [6.45, 7) is 0. The zero-order valence-corrected chi connectivity index (χ0v) is 6.85. The summed E-state index contributed by atoms with van der Waals surface area (Å²) in [5.74, 6) is 7.77. The van der Waals surface area contributed by atoms with Gasteiger partial charge in [-0.1, -0.05) is 0 Å². The van der Waals surface area contributed by atoms with E-state index < -0.39 is 8.80 Å². The minimum Gasteiger partial charge on any atom is -0.120 e. The number of hydrogen-bond donors (Lipinski definition) is 0. The molecule has 0 rings (SSSR count). The van der Waals surface area contributed by atoms with Crippen LogP contribution in [0.4, 0.5) is 0 Å². The van der Waals surface area contributed by atoms with E-state index >= 15 is 0 Å². The molecule has 1 heteroatoms. The van der Waals surface area contributed by atoms with E-state index in [0.29, 0.717) is 0 Å². The van der Waals surface area contributed by atoms with Crippen LogP contribution in [0, 0.1) is 37.0 Å². The SMILES string of the molecule is C#CC[Si](CC#C)CC#C. The molecule has 0 spiro atoms. The second-order valence-corrected chi connectivity index (χ2v) is 4.45. The largest absolute Gasteiger partial charge is 0.120 e. The minimum absolute atomic E-state index is 0.606. The molecule has 0 bridgehead atoms. The lowest BCUT2D eigenvalue weighted by atomic mass is 10.8. The summed E-state index contributed by atoms with van der Waals surface area (Å²) < 4.78 is 0. The number of terminal acetylenes is 3. The second-order valence-electron chi connectivity index (χ2n) is 1.89. The molecule has 0 saturated heterocycles. The minimum atomic E-state index is -0.606. The summed E-state index contributed by atoms with van der Waals surface area (Å²) in [4.78, 5) is 0. The third-order valence-electron chi connectivity index (χ3n) is 1.06. The molecular formula is C9H9Si. The molecule has 0 fully saturated rings. The quantitative estimate of drug-likeness (QED) is 0.416. The van der Waals surface area contributed by atoms with Crippen molar-refractivity contribution in [1.29, 1.82) is 0 Å². The molecule has 0 aromatic heterocycles. The average molecular weight is 145 g/mol. The van der Waals surface area contributed by atoms with Crippen LogP contribution in [0.2, 0.25) is 18.1 Å². The standard InChI is InChI=1S/C9H9Si/c1-4-7-10(8-5-2)9-6-3/h1-3H,7-9H2. The second kappa shape index (κ2) is 6.02. The molecule has 0 aromatic carbocycles. The van der Waals surface area contributed by atoms with Crippen molar-refractivity contribution < 1.29 is 0 Å². The van der Waals surface area contributed by atoms with Gasteiger partial charge in [-0.2, -0.15) is 0 Å². The van der Waals surface area contributed by atoms with Crippen LogP contribution < -0.4 is 0 Å². The van der Waals surface area contributed by atoms with Crippen molar-refractivity contribution in [2.75, 3.05) is 0 Å². The van der Waals surface area contributed by atoms with E-state index in [9.17, 15) is 0 Å². The van der Waals surface area contributed by atoms with Crippen LogP contribution in [-0.2, 0) is 0 Å². The van der Waals surface area contributed by atoms with Crippen molar-refractivity contribution in [2.24, 2.45) is 0 Å². The maximum Gasteiger partial charge on any atom is 0.0890 e. The van der Waals surface area contributed by atoms with Gasteiger partial charge in [-0.3, -0.25) is 0 Å². The van der Waals surface area contributed by atoms with Gasteiger partial charge >= 0.3 is 0 Å². The lowest BCUT2D eigenvalue weighted by molar-refractivity contribution is 1.53. The fraction of sp³-hybridized carbons (Fsp3) is 0.333. The predicted octanol–water partition coefficient (Wildman–Crippen LogP) is 1.38. The van der Waals surface area contributed by atoms with Crippen LogP contribution in [-0.4, -0.2) is 8.80 Å². The fourth-order valence-corrected chi connectivity index (χ4v) is 1.86. The number of rotatable bonds is 3. The first-order valence-electron chi connectivity index (χ1n) is 2.99. The molecule has 49 valence electrons. The molecular weight excluding hydrogens is 136 g/mol. The highest BCUT2D eigenvalue weighted by molar-refractivity contribution is 6.61. The first-order valence-corrected chi connectivity index (χ1v) is 5.11. The zero-order valence-electron chi connectivity index (χ0n) is 5.85. The van der Waals surface area contributed by atoms with E-state index in [0.717, 1.165) is 18.1 Å². The lowest BCUT2D eigenvalue weighted by Crippen LogP contribution is -2.08. The monoisotopic (exact) mass is 145 g/mol. The van der Waals surface area contributed by atoms with Crippen LogP contribution in [0.15, 0.2) is 0 Å². The van der Waals surface area contributed by atoms with Gasteiger partial charge < -0.3 is 0 Å². The summed E-state index contributed by atoms with van der Waals surface area (Å²) in [6, 6.07) is 2.37. The van der Waals surface area contributed by atoms with Gasteiger partial charge in [-0.15, -0.1) is 37.0 Å². The summed E-state index contributed by atoms with van der Waals surface area (Å²) in [5, 5.41) is 0. The Morgan fingerprint density at radius 3 is 1.30 bits per heavy atom. The van der Waals surface area contributed by atoms with Crippen molar-refractivity contribution >= 4 is 8.80 Å². The van der Waals surface area contributed by atoms with Crippen molar-refractivity contribution in [3.05, 3.63) is 0 Å². The molecule has 0 aliphatic rings. The molecule has 0 unspecified atom stereocenters. The molecule has 0 N–H and O–H groups in total. The predicted molar refractivity (Wildman–Crippen MR) is 46.7 cm³/mol. The molecule has 0 aromatic rings. The topological polar surface area (TPSA) is 0 Å². The molecule has 0 amide bonds. The molecule has 0 aliphatic heterocycles. The Morgan fingerprint density at radius 1 is 0.800 bits per heavy atom. The highest BCUT2D eigenvalue weighted by Crippen LogP contribution is 2.02. The lowest BCUT2D eigenvalue weighted by Gasteiger charge is -2.01. The Bertz CT molecular complexity index is 158. The molecule has 0 heterocycles. The summed E-state index contributed by atoms with van der Waals surface area (Å²) >= 11 is 0. The molecule has 10 heavy (non-hydrogen) atoms. The van der Waals surface area contributed by atoms with E-state index in [4.69, 9.17) is 19.3 Å². The highest BCUT2D eigenvalue weighted by Gasteiger charge is 2.04. The molecule has 0 saturated carbocycles. The molecule has 0 aliphatic carbocycles. The van der Waals surface area contributed by atoms with Crippen LogP contribution in [0.5, 0.6) is 0 Å². The van der Waals surface area contributed by atoms with Gasteiger partial charge in [0.2, 0.25) is 0 Å². The molecule has 0 atom stereocenters. The zero-order chi connectivity index (χ0) is 7.82. The van der Waals surface area contributed by atoms with Crippen LogP contribution in [0.25, 0.3) is 0 Å². The molecule has 0 nitrogen and oxygen atoms in total. The summed E-state index contributed by atoms with van der Waals surface area (Å²) in [5.41, 5.74) is 0. The van der Waals surface area contributed by atoms with Gasteiger partial charge in [-0.25, -0.2) is 0 Å². The molecule has 1 radical (unpaired) electrons. The maximum absolute atomic E-state index is 5.13. The fourth-order valence-electron chi connectivity index (χ4n) is 0.621. The van der Waals surface area contributed by atoms with E-state index in [-0.39, 0.29) is 0 Å². The Labute approximate surface area is 64.6 Å². The van der Waals surface area contributed by atoms with Crippen LogP contribution in [0.3, 0.4) is 0 Å².